The number of alkyl halides is 1. The standard InChI is InChI=1S/C18H16Br2O7.2Na/c1-8(19)18(26-14(16(21)22)15(27-18)17(23)24)10-4-5-11-9(7-10)3-6-12(25-2)13(11)20;;/h3-8,14-15H,1-2H3,(H,21,22)(H,23,24);;/t8?,14-,15-;;/m1../s1. The Morgan fingerprint density at radius 1 is 1.10 bits per heavy atom. The summed E-state index contributed by atoms with van der Waals surface area (Å²) in [6, 6.07) is 8.93. The number of rotatable bonds is 5. The molecule has 29 heavy (non-hydrogen) atoms. The third kappa shape index (κ3) is 5.05. The van der Waals surface area contributed by atoms with Gasteiger partial charge >= 0.3 is 11.9 Å². The second-order valence-electron chi connectivity index (χ2n) is 6.05. The Hall–Kier alpha value is 0.320. The Bertz CT molecular complexity index is 900. The minimum Gasteiger partial charge on any atom is -0.496 e. The molecule has 2 N–H and O–H groups in total. The van der Waals surface area contributed by atoms with Gasteiger partial charge in [-0.3, -0.25) is 0 Å². The van der Waals surface area contributed by atoms with Gasteiger partial charge in [0.2, 0.25) is 5.79 Å². The van der Waals surface area contributed by atoms with Gasteiger partial charge in [0.1, 0.15) is 5.75 Å². The second-order valence-corrected chi connectivity index (χ2v) is 8.22. The quantitative estimate of drug-likeness (QED) is 0.437. The van der Waals surface area contributed by atoms with Crippen LogP contribution in [0.3, 0.4) is 0 Å². The van der Waals surface area contributed by atoms with Crippen molar-refractivity contribution in [2.24, 2.45) is 0 Å². The molecule has 1 saturated heterocycles. The van der Waals surface area contributed by atoms with Gasteiger partial charge in [0.05, 0.1) is 16.4 Å². The number of hydrogen-bond acceptors (Lipinski definition) is 5. The molecule has 3 atom stereocenters. The topological polar surface area (TPSA) is 102 Å². The summed E-state index contributed by atoms with van der Waals surface area (Å²) >= 11 is 6.88. The Morgan fingerprint density at radius 2 is 1.66 bits per heavy atom. The van der Waals surface area contributed by atoms with E-state index >= 15 is 0 Å². The molecule has 1 fully saturated rings. The molecule has 0 spiro atoms. The molecule has 0 aromatic heterocycles. The molecule has 146 valence electrons. The molecule has 1 aliphatic heterocycles. The van der Waals surface area contributed by atoms with E-state index in [2.05, 4.69) is 31.9 Å². The molecule has 2 radical (unpaired) electrons. The van der Waals surface area contributed by atoms with Crippen molar-refractivity contribution in [3.8, 4) is 5.75 Å². The summed E-state index contributed by atoms with van der Waals surface area (Å²) in [4.78, 5) is 22.4. The normalized spacial score (nSPS) is 21.0. The molecular weight excluding hydrogens is 534 g/mol. The van der Waals surface area contributed by atoms with Crippen molar-refractivity contribution in [1.82, 2.24) is 0 Å². The number of fused-ring (bicyclic) bond motifs is 1. The number of benzene rings is 2. The number of ether oxygens (including phenoxy) is 3. The van der Waals surface area contributed by atoms with Gasteiger partial charge in [-0.25, -0.2) is 9.59 Å². The number of carboxylic acids is 2. The van der Waals surface area contributed by atoms with Crippen molar-refractivity contribution in [2.75, 3.05) is 7.11 Å². The van der Waals surface area contributed by atoms with E-state index in [4.69, 9.17) is 14.2 Å². The molecule has 2 aromatic carbocycles. The molecule has 2 aromatic rings. The van der Waals surface area contributed by atoms with Gasteiger partial charge in [0, 0.05) is 64.7 Å². The van der Waals surface area contributed by atoms with Crippen LogP contribution < -0.4 is 4.74 Å². The molecule has 0 saturated carbocycles. The maximum absolute atomic E-state index is 11.5. The first-order valence-corrected chi connectivity index (χ1v) is 9.64. The minimum atomic E-state index is -1.62. The predicted molar refractivity (Wildman–Crippen MR) is 115 cm³/mol. The zero-order chi connectivity index (χ0) is 19.9. The van der Waals surface area contributed by atoms with Gasteiger partial charge in [-0.05, 0) is 45.8 Å². The number of carbonyl (C=O) groups is 2. The predicted octanol–water partition coefficient (Wildman–Crippen LogP) is 2.74. The van der Waals surface area contributed by atoms with Crippen molar-refractivity contribution in [2.45, 2.75) is 29.7 Å². The van der Waals surface area contributed by atoms with E-state index in [1.54, 1.807) is 32.2 Å². The van der Waals surface area contributed by atoms with Crippen LogP contribution in [0.1, 0.15) is 12.5 Å². The van der Waals surface area contributed by atoms with Crippen molar-refractivity contribution < 1.29 is 34.0 Å². The van der Waals surface area contributed by atoms with Gasteiger partial charge in [-0.15, -0.1) is 0 Å². The second kappa shape index (κ2) is 10.8. The SMILES string of the molecule is COc1ccc2cc(C3(C(C)Br)O[C@@H](C(=O)O)[C@H](C(=O)O)O3)ccc2c1Br.[Na].[Na]. The fourth-order valence-electron chi connectivity index (χ4n) is 3.09. The molecule has 1 aliphatic rings. The van der Waals surface area contributed by atoms with E-state index < -0.39 is 34.8 Å². The van der Waals surface area contributed by atoms with E-state index in [9.17, 15) is 19.8 Å². The Kier molecular flexibility index (Phi) is 10.2. The molecule has 0 bridgehead atoms. The van der Waals surface area contributed by atoms with Gasteiger partial charge in [0.25, 0.3) is 0 Å². The molecule has 0 amide bonds. The Labute approximate surface area is 228 Å². The van der Waals surface area contributed by atoms with Crippen LogP contribution in [-0.2, 0) is 24.8 Å². The smallest absolute Gasteiger partial charge is 0.336 e. The first kappa shape index (κ1) is 27.4. The van der Waals surface area contributed by atoms with Crippen molar-refractivity contribution in [3.63, 3.8) is 0 Å². The molecule has 11 heteroatoms. The van der Waals surface area contributed by atoms with Crippen LogP contribution in [0.25, 0.3) is 10.8 Å². The molecular formula is C18H16Br2Na2O7. The van der Waals surface area contributed by atoms with Crippen LogP contribution in [0.15, 0.2) is 34.8 Å². The number of carboxylic acid groups (broad SMARTS) is 2. The van der Waals surface area contributed by atoms with Crippen LogP contribution in [0, 0.1) is 0 Å². The van der Waals surface area contributed by atoms with Gasteiger partial charge in [0.15, 0.2) is 12.2 Å². The van der Waals surface area contributed by atoms with Crippen LogP contribution in [0.4, 0.5) is 0 Å². The monoisotopic (exact) mass is 548 g/mol. The zero-order valence-corrected chi connectivity index (χ0v) is 23.5. The first-order chi connectivity index (χ1) is 12.7. The van der Waals surface area contributed by atoms with Crippen LogP contribution in [0.2, 0.25) is 0 Å². The van der Waals surface area contributed by atoms with Gasteiger partial charge < -0.3 is 24.4 Å². The fraction of sp³-hybridized carbons (Fsp3) is 0.333. The van der Waals surface area contributed by atoms with E-state index in [1.807, 2.05) is 12.1 Å². The van der Waals surface area contributed by atoms with E-state index in [1.165, 1.54) is 0 Å². The summed E-state index contributed by atoms with van der Waals surface area (Å²) in [5, 5.41) is 20.4. The number of hydrogen-bond donors (Lipinski definition) is 2. The van der Waals surface area contributed by atoms with E-state index in [-0.39, 0.29) is 59.1 Å². The zero-order valence-electron chi connectivity index (χ0n) is 16.3. The molecule has 1 unspecified atom stereocenters. The van der Waals surface area contributed by atoms with E-state index in [0.717, 1.165) is 15.2 Å². The summed E-state index contributed by atoms with van der Waals surface area (Å²) in [5.74, 6) is -3.69. The van der Waals surface area contributed by atoms with Crippen molar-refractivity contribution in [3.05, 3.63) is 40.4 Å². The minimum absolute atomic E-state index is 0. The van der Waals surface area contributed by atoms with E-state index in [0.29, 0.717) is 11.3 Å². The average molecular weight is 550 g/mol. The van der Waals surface area contributed by atoms with Crippen LogP contribution in [-0.4, -0.2) is 105 Å². The average Bonchev–Trinajstić information content (AvgIpc) is 3.05. The summed E-state index contributed by atoms with van der Waals surface area (Å²) in [6.07, 6.45) is -3.25. The number of aliphatic carboxylic acids is 2. The summed E-state index contributed by atoms with van der Waals surface area (Å²) in [5.41, 5.74) is 0.506. The molecule has 7 nitrogen and oxygen atoms in total. The maximum atomic E-state index is 11.5. The van der Waals surface area contributed by atoms with Gasteiger partial charge in [-0.1, -0.05) is 34.1 Å². The Morgan fingerprint density at radius 3 is 2.10 bits per heavy atom. The molecule has 3 rings (SSSR count). The fourth-order valence-corrected chi connectivity index (χ4v) is 4.22. The third-order valence-corrected chi connectivity index (χ3v) is 5.85. The van der Waals surface area contributed by atoms with Crippen molar-refractivity contribution >= 4 is 114 Å². The number of methoxy groups -OCH3 is 1. The Balaban J connectivity index is 0.00000210. The summed E-state index contributed by atoms with van der Waals surface area (Å²) < 4.78 is 17.4. The van der Waals surface area contributed by atoms with Crippen LogP contribution >= 0.6 is 31.9 Å². The first-order valence-electron chi connectivity index (χ1n) is 7.93. The van der Waals surface area contributed by atoms with Crippen LogP contribution in [0.5, 0.6) is 5.75 Å². The largest absolute Gasteiger partial charge is 0.496 e. The molecule has 1 heterocycles. The van der Waals surface area contributed by atoms with Crippen molar-refractivity contribution in [1.29, 1.82) is 0 Å². The summed E-state index contributed by atoms with van der Waals surface area (Å²) in [6.45, 7) is 1.71. The number of halogens is 2. The molecule has 0 aliphatic carbocycles. The van der Waals surface area contributed by atoms with Gasteiger partial charge in [-0.2, -0.15) is 0 Å². The maximum Gasteiger partial charge on any atom is 0.336 e. The summed E-state index contributed by atoms with van der Waals surface area (Å²) in [7, 11) is 1.57. The third-order valence-electron chi connectivity index (χ3n) is 4.43.